The molecule has 0 spiro atoms. The second kappa shape index (κ2) is 7.24. The zero-order chi connectivity index (χ0) is 11.0. The lowest BCUT2D eigenvalue weighted by molar-refractivity contribution is -0.00572. The van der Waals surface area contributed by atoms with Gasteiger partial charge in [-0.05, 0) is 19.8 Å². The Bertz CT molecular complexity index is 132. The minimum absolute atomic E-state index is 0.330. The van der Waals surface area contributed by atoms with E-state index < -0.39 is 5.60 Å². The van der Waals surface area contributed by atoms with Crippen LogP contribution in [0.25, 0.3) is 0 Å². The summed E-state index contributed by atoms with van der Waals surface area (Å²) >= 11 is 0. The molecule has 0 saturated heterocycles. The second-order valence-corrected chi connectivity index (χ2v) is 4.60. The highest BCUT2D eigenvalue weighted by Crippen LogP contribution is 2.20. The van der Waals surface area contributed by atoms with Crippen molar-refractivity contribution in [1.82, 2.24) is 0 Å². The molecule has 0 bridgehead atoms. The normalized spacial score (nSPS) is 17.8. The Morgan fingerprint density at radius 2 is 1.79 bits per heavy atom. The highest BCUT2D eigenvalue weighted by atomic mass is 16.3. The summed E-state index contributed by atoms with van der Waals surface area (Å²) in [6.45, 7) is 6.02. The molecule has 0 amide bonds. The van der Waals surface area contributed by atoms with E-state index in [-0.39, 0.29) is 6.10 Å². The van der Waals surface area contributed by atoms with Crippen molar-refractivity contribution in [2.45, 2.75) is 77.4 Å². The van der Waals surface area contributed by atoms with Crippen molar-refractivity contribution < 1.29 is 10.2 Å². The molecule has 86 valence electrons. The molecular formula is C12H26O2. The van der Waals surface area contributed by atoms with Gasteiger partial charge in [-0.2, -0.15) is 0 Å². The third-order valence-corrected chi connectivity index (χ3v) is 2.60. The van der Waals surface area contributed by atoms with Crippen LogP contribution < -0.4 is 0 Å². The van der Waals surface area contributed by atoms with E-state index in [0.29, 0.717) is 6.42 Å². The lowest BCUT2D eigenvalue weighted by Gasteiger charge is -2.25. The first-order valence-corrected chi connectivity index (χ1v) is 5.92. The first-order valence-electron chi connectivity index (χ1n) is 5.92. The molecule has 0 aliphatic carbocycles. The Labute approximate surface area is 88.3 Å². The van der Waals surface area contributed by atoms with Gasteiger partial charge in [0.05, 0.1) is 11.7 Å². The Balaban J connectivity index is 3.63. The van der Waals surface area contributed by atoms with Gasteiger partial charge in [-0.25, -0.2) is 0 Å². The lowest BCUT2D eigenvalue weighted by Crippen LogP contribution is -2.29. The first-order chi connectivity index (χ1) is 6.52. The number of aliphatic hydroxyl groups is 2. The molecule has 0 fully saturated rings. The van der Waals surface area contributed by atoms with Crippen molar-refractivity contribution in [1.29, 1.82) is 0 Å². The van der Waals surface area contributed by atoms with Gasteiger partial charge >= 0.3 is 0 Å². The predicted molar refractivity (Wildman–Crippen MR) is 60.3 cm³/mol. The van der Waals surface area contributed by atoms with Gasteiger partial charge in [0.25, 0.3) is 0 Å². The van der Waals surface area contributed by atoms with E-state index in [0.717, 1.165) is 25.7 Å². The zero-order valence-electron chi connectivity index (χ0n) is 9.92. The molecule has 0 aliphatic heterocycles. The lowest BCUT2D eigenvalue weighted by atomic mass is 9.91. The topological polar surface area (TPSA) is 40.5 Å². The Hall–Kier alpha value is -0.0800. The molecule has 0 rings (SSSR count). The molecule has 0 aromatic rings. The monoisotopic (exact) mass is 202 g/mol. The molecule has 0 aromatic carbocycles. The van der Waals surface area contributed by atoms with Crippen LogP contribution >= 0.6 is 0 Å². The van der Waals surface area contributed by atoms with Crippen molar-refractivity contribution in [3.8, 4) is 0 Å². The van der Waals surface area contributed by atoms with Crippen LogP contribution in [0.2, 0.25) is 0 Å². The SMILES string of the molecule is CCCCCC(O)CC(C)(O)CCC. The van der Waals surface area contributed by atoms with Gasteiger partial charge in [-0.3, -0.25) is 0 Å². The van der Waals surface area contributed by atoms with Crippen LogP contribution in [0.15, 0.2) is 0 Å². The Morgan fingerprint density at radius 1 is 1.14 bits per heavy atom. The summed E-state index contributed by atoms with van der Waals surface area (Å²) in [4.78, 5) is 0. The summed E-state index contributed by atoms with van der Waals surface area (Å²) in [5.41, 5.74) is -0.680. The predicted octanol–water partition coefficient (Wildman–Crippen LogP) is 2.87. The highest BCUT2D eigenvalue weighted by Gasteiger charge is 2.22. The molecule has 0 aliphatic rings. The molecule has 2 nitrogen and oxygen atoms in total. The van der Waals surface area contributed by atoms with Gasteiger partial charge in [-0.1, -0.05) is 39.5 Å². The van der Waals surface area contributed by atoms with E-state index >= 15 is 0 Å². The standard InChI is InChI=1S/C12H26O2/c1-4-6-7-8-11(13)10-12(3,14)9-5-2/h11,13-14H,4-10H2,1-3H3. The number of hydrogen-bond donors (Lipinski definition) is 2. The summed E-state index contributed by atoms with van der Waals surface area (Å²) in [5.74, 6) is 0. The van der Waals surface area contributed by atoms with Gasteiger partial charge in [-0.15, -0.1) is 0 Å². The number of rotatable bonds is 8. The van der Waals surface area contributed by atoms with Gasteiger partial charge < -0.3 is 10.2 Å². The van der Waals surface area contributed by atoms with Crippen molar-refractivity contribution in [3.63, 3.8) is 0 Å². The van der Waals surface area contributed by atoms with Gasteiger partial charge in [0.2, 0.25) is 0 Å². The van der Waals surface area contributed by atoms with Gasteiger partial charge in [0, 0.05) is 6.42 Å². The largest absolute Gasteiger partial charge is 0.393 e. The van der Waals surface area contributed by atoms with E-state index in [4.69, 9.17) is 0 Å². The van der Waals surface area contributed by atoms with Crippen molar-refractivity contribution in [2.24, 2.45) is 0 Å². The van der Waals surface area contributed by atoms with Gasteiger partial charge in [0.1, 0.15) is 0 Å². The number of aliphatic hydroxyl groups excluding tert-OH is 1. The van der Waals surface area contributed by atoms with Crippen LogP contribution in [0.5, 0.6) is 0 Å². The average molecular weight is 202 g/mol. The second-order valence-electron chi connectivity index (χ2n) is 4.60. The molecule has 2 unspecified atom stereocenters. The van der Waals surface area contributed by atoms with E-state index in [1.54, 1.807) is 0 Å². The summed E-state index contributed by atoms with van der Waals surface area (Å²) in [6, 6.07) is 0. The smallest absolute Gasteiger partial charge is 0.0644 e. The zero-order valence-corrected chi connectivity index (χ0v) is 9.92. The fourth-order valence-corrected chi connectivity index (χ4v) is 1.88. The van der Waals surface area contributed by atoms with E-state index in [1.807, 2.05) is 6.92 Å². The maximum absolute atomic E-state index is 9.88. The summed E-state index contributed by atoms with van der Waals surface area (Å²) < 4.78 is 0. The van der Waals surface area contributed by atoms with Crippen molar-refractivity contribution >= 4 is 0 Å². The van der Waals surface area contributed by atoms with Crippen LogP contribution in [0.3, 0.4) is 0 Å². The number of hydrogen-bond acceptors (Lipinski definition) is 2. The quantitative estimate of drug-likeness (QED) is 0.594. The van der Waals surface area contributed by atoms with Crippen LogP contribution in [-0.2, 0) is 0 Å². The number of unbranched alkanes of at least 4 members (excludes halogenated alkanes) is 2. The molecule has 2 heteroatoms. The van der Waals surface area contributed by atoms with E-state index in [1.165, 1.54) is 12.8 Å². The maximum Gasteiger partial charge on any atom is 0.0644 e. The van der Waals surface area contributed by atoms with Gasteiger partial charge in [0.15, 0.2) is 0 Å². The minimum atomic E-state index is -0.680. The first kappa shape index (κ1) is 13.9. The third-order valence-electron chi connectivity index (χ3n) is 2.60. The molecule has 0 aromatic heterocycles. The summed E-state index contributed by atoms with van der Waals surface area (Å²) in [6.07, 6.45) is 6.18. The van der Waals surface area contributed by atoms with Crippen LogP contribution in [0.4, 0.5) is 0 Å². The summed E-state index contributed by atoms with van der Waals surface area (Å²) in [7, 11) is 0. The van der Waals surface area contributed by atoms with Crippen LogP contribution in [0.1, 0.15) is 65.7 Å². The van der Waals surface area contributed by atoms with Crippen molar-refractivity contribution in [2.75, 3.05) is 0 Å². The fourth-order valence-electron chi connectivity index (χ4n) is 1.88. The molecule has 0 heterocycles. The molecule has 2 N–H and O–H groups in total. The van der Waals surface area contributed by atoms with Crippen LogP contribution in [0, 0.1) is 0 Å². The third kappa shape index (κ3) is 7.34. The molecule has 14 heavy (non-hydrogen) atoms. The van der Waals surface area contributed by atoms with E-state index in [2.05, 4.69) is 13.8 Å². The highest BCUT2D eigenvalue weighted by molar-refractivity contribution is 4.75. The van der Waals surface area contributed by atoms with E-state index in [9.17, 15) is 10.2 Å². The molecule has 0 radical (unpaired) electrons. The Morgan fingerprint density at radius 3 is 2.29 bits per heavy atom. The molecule has 0 saturated carbocycles. The fraction of sp³-hybridized carbons (Fsp3) is 1.00. The minimum Gasteiger partial charge on any atom is -0.393 e. The summed E-state index contributed by atoms with van der Waals surface area (Å²) in [5, 5.41) is 19.6. The van der Waals surface area contributed by atoms with Crippen LogP contribution in [-0.4, -0.2) is 21.9 Å². The van der Waals surface area contributed by atoms with Crippen molar-refractivity contribution in [3.05, 3.63) is 0 Å². The maximum atomic E-state index is 9.88. The molecule has 2 atom stereocenters. The molecular weight excluding hydrogens is 176 g/mol. The Kier molecular flexibility index (Phi) is 7.20. The average Bonchev–Trinajstić information content (AvgIpc) is 2.03.